The topological polar surface area (TPSA) is 189 Å². The molecule has 6 atom stereocenters. The molecule has 0 saturated carbocycles. The van der Waals surface area contributed by atoms with Gasteiger partial charge in [0.15, 0.2) is 0 Å². The summed E-state index contributed by atoms with van der Waals surface area (Å²) in [5.41, 5.74) is -1.27. The molecule has 0 radical (unpaired) electrons. The Morgan fingerprint density at radius 3 is 2.52 bits per heavy atom. The van der Waals surface area contributed by atoms with Gasteiger partial charge in [-0.25, -0.2) is 0 Å². The summed E-state index contributed by atoms with van der Waals surface area (Å²) in [6, 6.07) is 0. The lowest BCUT2D eigenvalue weighted by Gasteiger charge is -2.39. The molecular formula is C12H20NO10S2-. The minimum absolute atomic E-state index is 0.123. The summed E-state index contributed by atoms with van der Waals surface area (Å²) >= 11 is 0.566. The van der Waals surface area contributed by atoms with Crippen molar-refractivity contribution in [3.63, 3.8) is 0 Å². The molecule has 11 nitrogen and oxygen atoms in total. The Hall–Kier alpha value is -0.770. The fourth-order valence-electron chi connectivity index (χ4n) is 1.97. The van der Waals surface area contributed by atoms with Crippen molar-refractivity contribution in [2.45, 2.75) is 48.8 Å². The van der Waals surface area contributed by atoms with Crippen molar-refractivity contribution in [3.8, 4) is 0 Å². The highest BCUT2D eigenvalue weighted by atomic mass is 32.3. The van der Waals surface area contributed by atoms with Gasteiger partial charge in [0.25, 0.3) is 10.4 Å². The van der Waals surface area contributed by atoms with E-state index in [0.29, 0.717) is 11.8 Å². The average molecular weight is 402 g/mol. The molecule has 146 valence electrons. The lowest BCUT2D eigenvalue weighted by Crippen LogP contribution is -2.57. The maximum Gasteiger partial charge on any atom is 0.284 e. The molecule has 1 unspecified atom stereocenters. The molecule has 0 amide bonds. The van der Waals surface area contributed by atoms with Crippen LogP contribution in [0.2, 0.25) is 0 Å². The second-order valence-corrected chi connectivity index (χ2v) is 7.30. The van der Waals surface area contributed by atoms with Gasteiger partial charge in [-0.2, -0.15) is 8.42 Å². The minimum atomic E-state index is -5.14. The van der Waals surface area contributed by atoms with E-state index in [0.717, 1.165) is 0 Å². The van der Waals surface area contributed by atoms with Crippen LogP contribution in [-0.2, 0) is 19.4 Å². The molecule has 1 rings (SSSR count). The van der Waals surface area contributed by atoms with Crippen molar-refractivity contribution in [2.75, 3.05) is 6.61 Å². The molecule has 1 heterocycles. The second kappa shape index (κ2) is 9.80. The molecule has 1 saturated heterocycles. The first-order valence-corrected chi connectivity index (χ1v) is 9.27. The number of oxime groups is 1. The third-order valence-electron chi connectivity index (χ3n) is 3.18. The van der Waals surface area contributed by atoms with Crippen molar-refractivity contribution in [2.24, 2.45) is 5.16 Å². The van der Waals surface area contributed by atoms with Gasteiger partial charge in [-0.05, 0) is 6.42 Å². The molecule has 25 heavy (non-hydrogen) atoms. The molecule has 0 aromatic carbocycles. The number of aliphatic hydroxyl groups is 5. The van der Waals surface area contributed by atoms with Crippen LogP contribution < -0.4 is 0 Å². The van der Waals surface area contributed by atoms with Crippen LogP contribution in [0, 0.1) is 0 Å². The monoisotopic (exact) mass is 402 g/mol. The predicted molar refractivity (Wildman–Crippen MR) is 85.0 cm³/mol. The lowest BCUT2D eigenvalue weighted by atomic mass is 10.0. The Balaban J connectivity index is 2.92. The van der Waals surface area contributed by atoms with E-state index in [1.807, 2.05) is 0 Å². The van der Waals surface area contributed by atoms with E-state index < -0.39 is 53.0 Å². The maximum absolute atomic E-state index is 10.5. The van der Waals surface area contributed by atoms with Gasteiger partial charge < -0.3 is 34.8 Å². The number of nitrogens with zero attached hydrogens (tertiary/aromatic N) is 1. The minimum Gasteiger partial charge on any atom is -0.714 e. The molecule has 0 spiro atoms. The number of hydrogen-bond donors (Lipinski definition) is 5. The fourth-order valence-corrected chi connectivity index (χ4v) is 3.33. The van der Waals surface area contributed by atoms with Crippen LogP contribution in [0.5, 0.6) is 0 Å². The zero-order valence-corrected chi connectivity index (χ0v) is 14.5. The zero-order valence-electron chi connectivity index (χ0n) is 12.9. The number of hydrogen-bond acceptors (Lipinski definition) is 12. The first-order chi connectivity index (χ1) is 11.6. The van der Waals surface area contributed by atoms with Gasteiger partial charge in [0, 0.05) is 6.42 Å². The molecule has 5 N–H and O–H groups in total. The number of aliphatic hydroxyl groups excluding tert-OH is 5. The standard InChI is InChI=1S/C12H21NO10S2/c1-2-3-6(15)4-8(13-23-25(19,20)21)24-12-11(18)10(17)9(16)7(5-14)22-12/h2,6-7,9-12,14-18H,1,3-5H2,(H,19,20,21)/p-1/t6?,7-,9-,10+,11-,12+/m1/s1. The molecule has 1 fully saturated rings. The van der Waals surface area contributed by atoms with Crippen LogP contribution in [0.15, 0.2) is 17.8 Å². The maximum atomic E-state index is 10.5. The second-order valence-electron chi connectivity index (χ2n) is 5.17. The van der Waals surface area contributed by atoms with E-state index in [4.69, 9.17) is 9.84 Å². The van der Waals surface area contributed by atoms with Crippen molar-refractivity contribution >= 4 is 27.2 Å². The summed E-state index contributed by atoms with van der Waals surface area (Å²) in [5.74, 6) is 0. The quantitative estimate of drug-likeness (QED) is 0.0729. The van der Waals surface area contributed by atoms with E-state index >= 15 is 0 Å². The SMILES string of the molecule is C=CCC(O)CC(=NOS(=O)(=O)[O-])S[C@@H]1O[C@H](CO)[C@@H](O)[C@H](O)[C@H]1O. The third kappa shape index (κ3) is 7.16. The van der Waals surface area contributed by atoms with E-state index in [-0.39, 0.29) is 17.9 Å². The zero-order chi connectivity index (χ0) is 19.2. The van der Waals surface area contributed by atoms with Gasteiger partial charge in [0.05, 0.1) is 12.7 Å². The predicted octanol–water partition coefficient (Wildman–Crippen LogP) is -2.36. The molecule has 1 aliphatic rings. The van der Waals surface area contributed by atoms with Gasteiger partial charge in [-0.15, -0.1) is 6.58 Å². The lowest BCUT2D eigenvalue weighted by molar-refractivity contribution is -0.205. The third-order valence-corrected chi connectivity index (χ3v) is 4.57. The Morgan fingerprint density at radius 1 is 1.36 bits per heavy atom. The average Bonchev–Trinajstić information content (AvgIpc) is 2.52. The van der Waals surface area contributed by atoms with E-state index in [9.17, 15) is 33.4 Å². The van der Waals surface area contributed by atoms with Crippen LogP contribution in [0.4, 0.5) is 0 Å². The molecule has 0 aromatic rings. The van der Waals surface area contributed by atoms with Crippen molar-refractivity contribution < 1.29 is 47.5 Å². The summed E-state index contributed by atoms with van der Waals surface area (Å²) in [6.07, 6.45) is -5.79. The Kier molecular flexibility index (Phi) is 8.73. The Bertz CT molecular complexity index is 566. The first kappa shape index (κ1) is 22.3. The normalized spacial score (nSPS) is 32.2. The number of rotatable bonds is 8. The molecule has 1 aliphatic heterocycles. The Morgan fingerprint density at radius 2 is 2.00 bits per heavy atom. The van der Waals surface area contributed by atoms with Crippen molar-refractivity contribution in [1.82, 2.24) is 0 Å². The summed E-state index contributed by atoms with van der Waals surface area (Å²) in [4.78, 5) is 0. The summed E-state index contributed by atoms with van der Waals surface area (Å²) in [7, 11) is -5.14. The highest BCUT2D eigenvalue weighted by molar-refractivity contribution is 8.14. The first-order valence-electron chi connectivity index (χ1n) is 7.06. The van der Waals surface area contributed by atoms with Crippen LogP contribution in [0.3, 0.4) is 0 Å². The van der Waals surface area contributed by atoms with Crippen LogP contribution >= 0.6 is 11.8 Å². The van der Waals surface area contributed by atoms with E-state index in [1.165, 1.54) is 6.08 Å². The fraction of sp³-hybridized carbons (Fsp3) is 0.750. The molecule has 0 aliphatic carbocycles. The van der Waals surface area contributed by atoms with Gasteiger partial charge in [-0.1, -0.05) is 23.0 Å². The summed E-state index contributed by atoms with van der Waals surface area (Å²) in [5, 5.41) is 51.2. The van der Waals surface area contributed by atoms with Crippen LogP contribution in [0.25, 0.3) is 0 Å². The van der Waals surface area contributed by atoms with Gasteiger partial charge in [0.2, 0.25) is 0 Å². The van der Waals surface area contributed by atoms with E-state index in [1.54, 1.807) is 0 Å². The van der Waals surface area contributed by atoms with Crippen LogP contribution in [0.1, 0.15) is 12.8 Å². The van der Waals surface area contributed by atoms with Gasteiger partial charge in [0.1, 0.15) is 34.9 Å². The van der Waals surface area contributed by atoms with E-state index in [2.05, 4.69) is 16.0 Å². The highest BCUT2D eigenvalue weighted by Crippen LogP contribution is 2.30. The molecular weight excluding hydrogens is 382 g/mol. The van der Waals surface area contributed by atoms with Crippen LogP contribution in [-0.4, -0.2) is 86.1 Å². The number of ether oxygens (including phenoxy) is 1. The van der Waals surface area contributed by atoms with Gasteiger partial charge >= 0.3 is 0 Å². The van der Waals surface area contributed by atoms with Gasteiger partial charge in [-0.3, -0.25) is 4.28 Å². The molecule has 0 bridgehead atoms. The molecule has 13 heteroatoms. The summed E-state index contributed by atoms with van der Waals surface area (Å²) in [6.45, 7) is 2.77. The Labute approximate surface area is 148 Å². The summed E-state index contributed by atoms with van der Waals surface area (Å²) < 4.78 is 40.6. The number of thioether (sulfide) groups is 1. The molecule has 0 aromatic heterocycles. The smallest absolute Gasteiger partial charge is 0.284 e. The highest BCUT2D eigenvalue weighted by Gasteiger charge is 2.44. The van der Waals surface area contributed by atoms with Crippen molar-refractivity contribution in [3.05, 3.63) is 12.7 Å². The van der Waals surface area contributed by atoms with Crippen molar-refractivity contribution in [1.29, 1.82) is 0 Å². The largest absolute Gasteiger partial charge is 0.714 e.